The first-order chi connectivity index (χ1) is 8.97. The molecule has 1 unspecified atom stereocenters. The molecule has 0 aromatic heterocycles. The first-order valence-electron chi connectivity index (χ1n) is 6.15. The second-order valence-corrected chi connectivity index (χ2v) is 5.48. The van der Waals surface area contributed by atoms with Crippen molar-refractivity contribution in [2.45, 2.75) is 31.7 Å². The van der Waals surface area contributed by atoms with Crippen LogP contribution in [-0.4, -0.2) is 19.3 Å². The molecular formula is C13H15BrF3NO. The highest BCUT2D eigenvalue weighted by atomic mass is 79.9. The monoisotopic (exact) mass is 337 g/mol. The third-order valence-corrected chi connectivity index (χ3v) is 3.58. The minimum atomic E-state index is -4.33. The molecule has 1 fully saturated rings. The van der Waals surface area contributed by atoms with Crippen LogP contribution in [0.5, 0.6) is 0 Å². The molecule has 19 heavy (non-hydrogen) atoms. The Labute approximate surface area is 118 Å². The van der Waals surface area contributed by atoms with Crippen molar-refractivity contribution in [3.8, 4) is 0 Å². The van der Waals surface area contributed by atoms with E-state index >= 15 is 0 Å². The van der Waals surface area contributed by atoms with Crippen LogP contribution in [-0.2, 0) is 17.5 Å². The van der Waals surface area contributed by atoms with Crippen molar-refractivity contribution in [1.29, 1.82) is 0 Å². The fraction of sp³-hybridized carbons (Fsp3) is 0.538. The van der Waals surface area contributed by atoms with Crippen LogP contribution in [0.25, 0.3) is 0 Å². The molecular weight excluding hydrogens is 323 g/mol. The molecule has 106 valence electrons. The molecule has 1 heterocycles. The highest BCUT2D eigenvalue weighted by molar-refractivity contribution is 9.10. The van der Waals surface area contributed by atoms with Crippen LogP contribution in [0.15, 0.2) is 22.7 Å². The summed E-state index contributed by atoms with van der Waals surface area (Å²) >= 11 is 3.07. The Balaban J connectivity index is 1.98. The van der Waals surface area contributed by atoms with Gasteiger partial charge in [-0.05, 0) is 30.5 Å². The van der Waals surface area contributed by atoms with E-state index in [4.69, 9.17) is 4.74 Å². The molecule has 2 nitrogen and oxygen atoms in total. The summed E-state index contributed by atoms with van der Waals surface area (Å²) in [4.78, 5) is 0. The Bertz CT molecular complexity index is 430. The van der Waals surface area contributed by atoms with Gasteiger partial charge in [-0.2, -0.15) is 13.2 Å². The third kappa shape index (κ3) is 4.19. The van der Waals surface area contributed by atoms with Gasteiger partial charge in [0.1, 0.15) is 0 Å². The second kappa shape index (κ2) is 6.24. The van der Waals surface area contributed by atoms with Crippen LogP contribution in [0, 0.1) is 0 Å². The molecule has 1 saturated heterocycles. The maximum absolute atomic E-state index is 12.9. The summed E-state index contributed by atoms with van der Waals surface area (Å²) in [5, 5.41) is 3.04. The van der Waals surface area contributed by atoms with Gasteiger partial charge in [0.2, 0.25) is 0 Å². The SMILES string of the molecule is FC(F)(F)c1cc(Br)ccc1CNCC1CCCO1. The molecule has 1 aliphatic heterocycles. The molecule has 0 amide bonds. The van der Waals surface area contributed by atoms with Gasteiger partial charge in [0, 0.05) is 24.2 Å². The molecule has 0 bridgehead atoms. The average Bonchev–Trinajstić information content (AvgIpc) is 2.83. The topological polar surface area (TPSA) is 21.3 Å². The molecule has 1 aromatic carbocycles. The van der Waals surface area contributed by atoms with Crippen LogP contribution >= 0.6 is 15.9 Å². The van der Waals surface area contributed by atoms with E-state index in [1.54, 1.807) is 6.07 Å². The third-order valence-electron chi connectivity index (χ3n) is 3.09. The summed E-state index contributed by atoms with van der Waals surface area (Å²) in [7, 11) is 0. The molecule has 0 aliphatic carbocycles. The quantitative estimate of drug-likeness (QED) is 0.903. The van der Waals surface area contributed by atoms with Crippen molar-refractivity contribution >= 4 is 15.9 Å². The summed E-state index contributed by atoms with van der Waals surface area (Å²) in [6.45, 7) is 1.54. The van der Waals surface area contributed by atoms with Gasteiger partial charge in [-0.1, -0.05) is 22.0 Å². The number of alkyl halides is 3. The van der Waals surface area contributed by atoms with Gasteiger partial charge in [0.15, 0.2) is 0 Å². The lowest BCUT2D eigenvalue weighted by molar-refractivity contribution is -0.138. The summed E-state index contributed by atoms with van der Waals surface area (Å²) in [5.41, 5.74) is -0.338. The van der Waals surface area contributed by atoms with E-state index in [-0.39, 0.29) is 18.2 Å². The Morgan fingerprint density at radius 1 is 1.37 bits per heavy atom. The fourth-order valence-corrected chi connectivity index (χ4v) is 2.50. The van der Waals surface area contributed by atoms with E-state index in [0.717, 1.165) is 25.5 Å². The minimum Gasteiger partial charge on any atom is -0.377 e. The number of benzene rings is 1. The van der Waals surface area contributed by atoms with Crippen molar-refractivity contribution in [1.82, 2.24) is 5.32 Å². The Kier molecular flexibility index (Phi) is 4.86. The van der Waals surface area contributed by atoms with E-state index in [1.165, 1.54) is 6.07 Å². The van der Waals surface area contributed by atoms with E-state index in [9.17, 15) is 13.2 Å². The smallest absolute Gasteiger partial charge is 0.377 e. The molecule has 2 rings (SSSR count). The van der Waals surface area contributed by atoms with Crippen molar-refractivity contribution in [3.05, 3.63) is 33.8 Å². The first kappa shape index (κ1) is 14.8. The predicted molar refractivity (Wildman–Crippen MR) is 69.8 cm³/mol. The van der Waals surface area contributed by atoms with Gasteiger partial charge in [0.25, 0.3) is 0 Å². The Morgan fingerprint density at radius 2 is 2.16 bits per heavy atom. The minimum absolute atomic E-state index is 0.129. The van der Waals surface area contributed by atoms with Gasteiger partial charge < -0.3 is 10.1 Å². The normalized spacial score (nSPS) is 19.9. The first-order valence-corrected chi connectivity index (χ1v) is 6.94. The molecule has 0 saturated carbocycles. The van der Waals surface area contributed by atoms with Crippen LogP contribution in [0.2, 0.25) is 0 Å². The van der Waals surface area contributed by atoms with Gasteiger partial charge in [-0.25, -0.2) is 0 Å². The zero-order chi connectivity index (χ0) is 13.9. The van der Waals surface area contributed by atoms with Crippen molar-refractivity contribution in [2.75, 3.05) is 13.2 Å². The lowest BCUT2D eigenvalue weighted by atomic mass is 10.1. The molecule has 0 spiro atoms. The van der Waals surface area contributed by atoms with Crippen molar-refractivity contribution in [3.63, 3.8) is 0 Å². The number of rotatable bonds is 4. The molecule has 6 heteroatoms. The zero-order valence-electron chi connectivity index (χ0n) is 10.3. The number of ether oxygens (including phenoxy) is 1. The number of halogens is 4. The van der Waals surface area contributed by atoms with Crippen molar-refractivity contribution in [2.24, 2.45) is 0 Å². The van der Waals surface area contributed by atoms with Gasteiger partial charge in [-0.3, -0.25) is 0 Å². The molecule has 1 aromatic rings. The lowest BCUT2D eigenvalue weighted by Crippen LogP contribution is -2.26. The summed E-state index contributed by atoms with van der Waals surface area (Å²) in [6, 6.07) is 4.23. The standard InChI is InChI=1S/C13H15BrF3NO/c14-10-4-3-9(12(6-10)13(15,16)17)7-18-8-11-2-1-5-19-11/h3-4,6,11,18H,1-2,5,7-8H2. The zero-order valence-corrected chi connectivity index (χ0v) is 11.9. The molecule has 0 radical (unpaired) electrons. The van der Waals surface area contributed by atoms with Crippen molar-refractivity contribution < 1.29 is 17.9 Å². The van der Waals surface area contributed by atoms with Crippen LogP contribution < -0.4 is 5.32 Å². The number of hydrogen-bond donors (Lipinski definition) is 1. The highest BCUT2D eigenvalue weighted by Crippen LogP contribution is 2.33. The average molecular weight is 338 g/mol. The molecule has 1 atom stereocenters. The Morgan fingerprint density at radius 3 is 2.79 bits per heavy atom. The summed E-state index contributed by atoms with van der Waals surface area (Å²) < 4.78 is 44.5. The van der Waals surface area contributed by atoms with E-state index < -0.39 is 11.7 Å². The van der Waals surface area contributed by atoms with E-state index in [1.807, 2.05) is 0 Å². The van der Waals surface area contributed by atoms with Gasteiger partial charge >= 0.3 is 6.18 Å². The van der Waals surface area contributed by atoms with E-state index in [0.29, 0.717) is 11.0 Å². The number of hydrogen-bond acceptors (Lipinski definition) is 2. The lowest BCUT2D eigenvalue weighted by Gasteiger charge is -2.15. The predicted octanol–water partition coefficient (Wildman–Crippen LogP) is 3.74. The largest absolute Gasteiger partial charge is 0.416 e. The van der Waals surface area contributed by atoms with Crippen LogP contribution in [0.3, 0.4) is 0 Å². The second-order valence-electron chi connectivity index (χ2n) is 4.57. The fourth-order valence-electron chi connectivity index (χ4n) is 2.14. The van der Waals surface area contributed by atoms with Gasteiger partial charge in [-0.15, -0.1) is 0 Å². The maximum Gasteiger partial charge on any atom is 0.416 e. The maximum atomic E-state index is 12.9. The molecule has 1 N–H and O–H groups in total. The molecule has 1 aliphatic rings. The summed E-state index contributed by atoms with van der Waals surface area (Å²) in [6.07, 6.45) is -2.20. The summed E-state index contributed by atoms with van der Waals surface area (Å²) in [5.74, 6) is 0. The van der Waals surface area contributed by atoms with E-state index in [2.05, 4.69) is 21.2 Å². The van der Waals surface area contributed by atoms with Gasteiger partial charge in [0.05, 0.1) is 11.7 Å². The van der Waals surface area contributed by atoms with Crippen LogP contribution in [0.4, 0.5) is 13.2 Å². The van der Waals surface area contributed by atoms with Crippen LogP contribution in [0.1, 0.15) is 24.0 Å². The Hall–Kier alpha value is -0.590. The highest BCUT2D eigenvalue weighted by Gasteiger charge is 2.33. The number of nitrogens with one attached hydrogen (secondary N) is 1.